The van der Waals surface area contributed by atoms with Crippen LogP contribution in [-0.2, 0) is 34.6 Å². The van der Waals surface area contributed by atoms with Gasteiger partial charge in [0, 0.05) is 25.3 Å². The molecule has 0 bridgehead atoms. The molecule has 3 N–H and O–H groups in total. The van der Waals surface area contributed by atoms with E-state index in [1.165, 1.54) is 12.0 Å². The van der Waals surface area contributed by atoms with Gasteiger partial charge in [0.15, 0.2) is 0 Å². The van der Waals surface area contributed by atoms with Gasteiger partial charge in [0.05, 0.1) is 24.3 Å². The monoisotopic (exact) mass is 594 g/mol. The third-order valence-electron chi connectivity index (χ3n) is 7.15. The topological polar surface area (TPSA) is 134 Å². The maximum absolute atomic E-state index is 13.9. The molecule has 1 rings (SSSR count). The van der Waals surface area contributed by atoms with Gasteiger partial charge >= 0.3 is 0 Å². The second-order valence-electron chi connectivity index (χ2n) is 12.3. The fourth-order valence-corrected chi connectivity index (χ4v) is 5.54. The molecular weight excluding hydrogens is 544 g/mol. The third-order valence-corrected chi connectivity index (χ3v) is 8.36. The average molecular weight is 595 g/mol. The maximum Gasteiger partial charge on any atom is 0.249 e. The first-order valence-corrected chi connectivity index (χ1v) is 15.5. The zero-order chi connectivity index (χ0) is 31.8. The lowest BCUT2D eigenvalue weighted by atomic mass is 9.76. The van der Waals surface area contributed by atoms with Crippen molar-refractivity contribution in [3.8, 4) is 0 Å². The number of methoxy groups -OCH3 is 1. The van der Waals surface area contributed by atoms with E-state index in [9.17, 15) is 22.8 Å². The van der Waals surface area contributed by atoms with Crippen molar-refractivity contribution in [1.82, 2.24) is 20.3 Å². The highest BCUT2D eigenvalue weighted by Crippen LogP contribution is 2.29. The fourth-order valence-electron chi connectivity index (χ4n) is 4.56. The molecule has 0 aliphatic rings. The zero-order valence-corrected chi connectivity index (χ0v) is 27.3. The zero-order valence-electron chi connectivity index (χ0n) is 26.5. The number of nitrogens with zero attached hydrogens (tertiary/aromatic N) is 1. The standard InChI is InChI=1S/C30H50N4O6S/c1-20(2)23(19-21(3)26(35)33-41(38,39)18-17-40-11)34(10)28(37)25(29(4,5)6)32-27(36)24(31-9)30(7,8)22-15-13-12-14-16-22/h12-16,19-21,24-25,31H,17-18H2,1-11H3,(H,32,36)(H,33,35)/b23-19+/t21?,24-,25-/m1/s1. The first-order valence-electron chi connectivity index (χ1n) is 13.9. The van der Waals surface area contributed by atoms with Gasteiger partial charge in [0.25, 0.3) is 0 Å². The molecule has 0 saturated heterocycles. The van der Waals surface area contributed by atoms with Gasteiger partial charge in [0.1, 0.15) is 6.04 Å². The van der Waals surface area contributed by atoms with Gasteiger partial charge in [-0.2, -0.15) is 0 Å². The number of allylic oxidation sites excluding steroid dienone is 1. The predicted molar refractivity (Wildman–Crippen MR) is 162 cm³/mol. The molecule has 1 unspecified atom stereocenters. The third kappa shape index (κ3) is 10.2. The van der Waals surface area contributed by atoms with Crippen LogP contribution >= 0.6 is 0 Å². The van der Waals surface area contributed by atoms with Gasteiger partial charge in [-0.3, -0.25) is 19.1 Å². The SMILES string of the molecule is CN[C@H](C(=O)N[C@H](C(=O)N(C)/C(=C/C(C)C(=O)NS(=O)(=O)CCOC)C(C)C)C(C)(C)C)C(C)(C)c1ccccc1. The molecule has 0 aromatic heterocycles. The molecule has 0 aliphatic heterocycles. The normalized spacial score (nSPS) is 15.2. The Hall–Kier alpha value is -2.76. The first kappa shape index (κ1) is 36.3. The van der Waals surface area contributed by atoms with Gasteiger partial charge < -0.3 is 20.3 Å². The predicted octanol–water partition coefficient (Wildman–Crippen LogP) is 2.81. The molecule has 232 valence electrons. The van der Waals surface area contributed by atoms with Gasteiger partial charge in [-0.1, -0.05) is 84.9 Å². The minimum atomic E-state index is -3.86. The quantitative estimate of drug-likeness (QED) is 0.302. The van der Waals surface area contributed by atoms with Crippen LogP contribution in [-0.4, -0.2) is 76.7 Å². The minimum absolute atomic E-state index is 0.0435. The molecule has 11 heteroatoms. The van der Waals surface area contributed by atoms with Crippen LogP contribution in [0.5, 0.6) is 0 Å². The molecule has 0 spiro atoms. The summed E-state index contributed by atoms with van der Waals surface area (Å²) in [5.41, 5.74) is 0.292. The van der Waals surface area contributed by atoms with Gasteiger partial charge in [-0.15, -0.1) is 0 Å². The summed E-state index contributed by atoms with van der Waals surface area (Å²) in [6.45, 7) is 14.8. The number of hydrogen-bond acceptors (Lipinski definition) is 7. The van der Waals surface area contributed by atoms with Crippen LogP contribution in [0, 0.1) is 17.3 Å². The second kappa shape index (κ2) is 14.9. The molecule has 41 heavy (non-hydrogen) atoms. The van der Waals surface area contributed by atoms with Crippen LogP contribution in [0.25, 0.3) is 0 Å². The Morgan fingerprint density at radius 1 is 0.976 bits per heavy atom. The summed E-state index contributed by atoms with van der Waals surface area (Å²) < 4.78 is 31.2. The van der Waals surface area contributed by atoms with Crippen molar-refractivity contribution in [2.75, 3.05) is 33.6 Å². The smallest absolute Gasteiger partial charge is 0.249 e. The van der Waals surface area contributed by atoms with Crippen LogP contribution in [0.1, 0.15) is 61.0 Å². The van der Waals surface area contributed by atoms with E-state index in [-0.39, 0.29) is 30.1 Å². The van der Waals surface area contributed by atoms with Crippen molar-refractivity contribution >= 4 is 27.7 Å². The van der Waals surface area contributed by atoms with Crippen LogP contribution in [0.15, 0.2) is 42.1 Å². The summed E-state index contributed by atoms with van der Waals surface area (Å²) in [7, 11) is 0.837. The number of sulfonamides is 1. The Labute approximate surface area is 246 Å². The number of likely N-dealkylation sites (N-methyl/N-ethyl adjacent to an activating group) is 2. The number of nitrogens with one attached hydrogen (secondary N) is 3. The average Bonchev–Trinajstić information content (AvgIpc) is 2.87. The molecular formula is C30H50N4O6S. The summed E-state index contributed by atoms with van der Waals surface area (Å²) >= 11 is 0. The number of ether oxygens (including phenoxy) is 1. The van der Waals surface area contributed by atoms with E-state index < -0.39 is 44.8 Å². The molecule has 0 saturated carbocycles. The molecule has 0 aliphatic carbocycles. The van der Waals surface area contributed by atoms with Crippen LogP contribution in [0.3, 0.4) is 0 Å². The number of carbonyl (C=O) groups is 3. The number of hydrogen-bond donors (Lipinski definition) is 3. The van der Waals surface area contributed by atoms with Gasteiger partial charge in [0.2, 0.25) is 27.7 Å². The number of rotatable bonds is 14. The fraction of sp³-hybridized carbons (Fsp3) is 0.633. The lowest BCUT2D eigenvalue weighted by Crippen LogP contribution is -2.60. The number of carbonyl (C=O) groups excluding carboxylic acids is 3. The summed E-state index contributed by atoms with van der Waals surface area (Å²) in [6.07, 6.45) is 1.58. The Morgan fingerprint density at radius 3 is 2.00 bits per heavy atom. The molecule has 10 nitrogen and oxygen atoms in total. The van der Waals surface area contributed by atoms with E-state index in [1.54, 1.807) is 27.1 Å². The molecule has 1 aromatic rings. The lowest BCUT2D eigenvalue weighted by Gasteiger charge is -2.39. The molecule has 0 radical (unpaired) electrons. The number of benzene rings is 1. The molecule has 1 aromatic carbocycles. The molecule has 0 fully saturated rings. The van der Waals surface area contributed by atoms with E-state index in [4.69, 9.17) is 4.74 Å². The summed E-state index contributed by atoms with van der Waals surface area (Å²) in [4.78, 5) is 41.8. The highest BCUT2D eigenvalue weighted by Gasteiger charge is 2.41. The van der Waals surface area contributed by atoms with Crippen molar-refractivity contribution in [1.29, 1.82) is 0 Å². The summed E-state index contributed by atoms with van der Waals surface area (Å²) in [6, 6.07) is 8.19. The molecule has 0 heterocycles. The van der Waals surface area contributed by atoms with Crippen LogP contribution in [0.2, 0.25) is 0 Å². The van der Waals surface area contributed by atoms with Gasteiger partial charge in [-0.25, -0.2) is 8.42 Å². The van der Waals surface area contributed by atoms with E-state index in [0.29, 0.717) is 5.70 Å². The van der Waals surface area contributed by atoms with E-state index in [2.05, 4.69) is 15.4 Å². The number of amides is 3. The van der Waals surface area contributed by atoms with Crippen LogP contribution in [0.4, 0.5) is 0 Å². The van der Waals surface area contributed by atoms with Crippen LogP contribution < -0.4 is 15.4 Å². The lowest BCUT2D eigenvalue weighted by molar-refractivity contribution is -0.138. The summed E-state index contributed by atoms with van der Waals surface area (Å²) in [5, 5.41) is 6.12. The molecule has 3 amide bonds. The van der Waals surface area contributed by atoms with E-state index in [1.807, 2.05) is 78.8 Å². The highest BCUT2D eigenvalue weighted by molar-refractivity contribution is 7.90. The summed E-state index contributed by atoms with van der Waals surface area (Å²) in [5.74, 6) is -2.74. The van der Waals surface area contributed by atoms with Crippen molar-refractivity contribution in [3.63, 3.8) is 0 Å². The maximum atomic E-state index is 13.9. The van der Waals surface area contributed by atoms with E-state index in [0.717, 1.165) is 5.56 Å². The largest absolute Gasteiger partial charge is 0.384 e. The Balaban J connectivity index is 3.28. The van der Waals surface area contributed by atoms with Gasteiger partial charge in [-0.05, 0) is 30.9 Å². The minimum Gasteiger partial charge on any atom is -0.384 e. The Bertz CT molecular complexity index is 1170. The van der Waals surface area contributed by atoms with Crippen molar-refractivity contribution in [3.05, 3.63) is 47.7 Å². The van der Waals surface area contributed by atoms with Crippen molar-refractivity contribution in [2.24, 2.45) is 17.3 Å². The van der Waals surface area contributed by atoms with E-state index >= 15 is 0 Å². The Kier molecular flexibility index (Phi) is 13.2. The Morgan fingerprint density at radius 2 is 1.54 bits per heavy atom. The second-order valence-corrected chi connectivity index (χ2v) is 14.2. The first-order chi connectivity index (χ1) is 18.8. The molecule has 3 atom stereocenters. The van der Waals surface area contributed by atoms with Crippen molar-refractivity contribution < 1.29 is 27.5 Å². The van der Waals surface area contributed by atoms with Crippen molar-refractivity contribution in [2.45, 2.75) is 72.9 Å². The highest BCUT2D eigenvalue weighted by atomic mass is 32.2.